The summed E-state index contributed by atoms with van der Waals surface area (Å²) in [5.74, 6) is -3.66. The number of rotatable bonds is 8. The number of hydrogen-bond acceptors (Lipinski definition) is 5. The fourth-order valence-electron chi connectivity index (χ4n) is 2.93. The summed E-state index contributed by atoms with van der Waals surface area (Å²) >= 11 is 0. The molecule has 13 heteroatoms. The van der Waals surface area contributed by atoms with Gasteiger partial charge in [0, 0.05) is 12.7 Å². The third-order valence-electron chi connectivity index (χ3n) is 4.77. The zero-order valence-electron chi connectivity index (χ0n) is 18.1. The lowest BCUT2D eigenvalue weighted by molar-refractivity contribution is -0.189. The maximum atomic E-state index is 14.4. The highest BCUT2D eigenvalue weighted by atomic mass is 19.4. The number of carboxylic acid groups (broad SMARTS) is 1. The number of carboxylic acids is 1. The molecule has 9 nitrogen and oxygen atoms in total. The number of nitrogens with one attached hydrogen (secondary N) is 1. The van der Waals surface area contributed by atoms with Gasteiger partial charge in [-0.1, -0.05) is 0 Å². The van der Waals surface area contributed by atoms with Gasteiger partial charge in [-0.05, 0) is 39.2 Å². The molecule has 2 rings (SSSR count). The summed E-state index contributed by atoms with van der Waals surface area (Å²) in [5.41, 5.74) is -1.42. The zero-order valence-corrected chi connectivity index (χ0v) is 18.1. The molecule has 0 aliphatic carbocycles. The van der Waals surface area contributed by atoms with Crippen molar-refractivity contribution in [2.45, 2.75) is 51.7 Å². The number of ether oxygens (including phenoxy) is 3. The highest BCUT2D eigenvalue weighted by Crippen LogP contribution is 2.31. The van der Waals surface area contributed by atoms with Crippen LogP contribution in [0.1, 0.15) is 43.5 Å². The van der Waals surface area contributed by atoms with Crippen LogP contribution < -0.4 is 15.5 Å². The normalized spacial score (nSPS) is 17.2. The number of hydrogen-bond donors (Lipinski definition) is 3. The molecule has 1 unspecified atom stereocenters. The number of amidine groups is 1. The number of benzene rings is 1. The minimum atomic E-state index is -4.79. The Bertz CT molecular complexity index is 874. The van der Waals surface area contributed by atoms with Crippen LogP contribution in [0.3, 0.4) is 0 Å². The van der Waals surface area contributed by atoms with Crippen LogP contribution >= 0.6 is 0 Å². The van der Waals surface area contributed by atoms with Gasteiger partial charge in [-0.2, -0.15) is 18.1 Å². The predicted octanol–water partition coefficient (Wildman–Crippen LogP) is 2.41. The lowest BCUT2D eigenvalue weighted by Crippen LogP contribution is -2.57. The molecule has 2 amide bonds. The summed E-state index contributed by atoms with van der Waals surface area (Å²) in [5, 5.41) is 17.3. The first-order valence-corrected chi connectivity index (χ1v) is 10.2. The van der Waals surface area contributed by atoms with E-state index in [1.807, 2.05) is 0 Å². The van der Waals surface area contributed by atoms with Crippen molar-refractivity contribution < 1.29 is 51.9 Å². The fraction of sp³-hybridized carbons (Fsp3) is 0.550. The minimum absolute atomic E-state index is 0.00564. The van der Waals surface area contributed by atoms with Gasteiger partial charge in [0.15, 0.2) is 19.0 Å². The second-order valence-corrected chi connectivity index (χ2v) is 7.21. The molecule has 1 heterocycles. The smallest absolute Gasteiger partial charge is 0.425 e. The number of nitrogens with two attached hydrogens (primary N) is 1. The zero-order chi connectivity index (χ0) is 24.8. The van der Waals surface area contributed by atoms with Crippen molar-refractivity contribution in [3.63, 3.8) is 0 Å². The molecule has 1 aromatic carbocycles. The maximum absolute atomic E-state index is 14.4. The number of amides is 2. The van der Waals surface area contributed by atoms with Crippen molar-refractivity contribution in [1.82, 2.24) is 4.90 Å². The van der Waals surface area contributed by atoms with Gasteiger partial charge in [-0.15, -0.1) is 0 Å². The van der Waals surface area contributed by atoms with E-state index >= 15 is 0 Å². The molecule has 33 heavy (non-hydrogen) atoms. The molecule has 1 fully saturated rings. The lowest BCUT2D eigenvalue weighted by Gasteiger charge is -2.23. The number of urea groups is 1. The molecule has 4 N–H and O–H groups in total. The van der Waals surface area contributed by atoms with Crippen LogP contribution in [0.5, 0.6) is 5.75 Å². The van der Waals surface area contributed by atoms with E-state index < -0.39 is 53.4 Å². The Labute approximate surface area is 187 Å². The van der Waals surface area contributed by atoms with E-state index in [1.54, 1.807) is 6.92 Å². The number of alkyl halides is 3. The van der Waals surface area contributed by atoms with Crippen LogP contribution in [0.4, 0.5) is 28.0 Å². The van der Waals surface area contributed by atoms with E-state index in [9.17, 15) is 32.3 Å². The summed E-state index contributed by atoms with van der Waals surface area (Å²) in [6, 6.07) is 0.235. The first-order chi connectivity index (χ1) is 15.4. The van der Waals surface area contributed by atoms with Gasteiger partial charge < -0.3 is 19.3 Å². The number of halogens is 4. The Morgan fingerprint density at radius 3 is 2.61 bits per heavy atom. The molecule has 0 radical (unpaired) electrons. The van der Waals surface area contributed by atoms with Gasteiger partial charge in [0.2, 0.25) is 0 Å². The molecular formula is C20H26F4N3O6+. The van der Waals surface area contributed by atoms with E-state index in [0.717, 1.165) is 17.7 Å². The van der Waals surface area contributed by atoms with Crippen LogP contribution in [0, 0.1) is 5.82 Å². The number of anilines is 1. The van der Waals surface area contributed by atoms with Crippen LogP contribution in [0.2, 0.25) is 0 Å². The minimum Gasteiger partial charge on any atom is -0.480 e. The fourth-order valence-corrected chi connectivity index (χ4v) is 2.93. The number of nitrogens with zero attached hydrogens (tertiary/aromatic N) is 1. The Kier molecular flexibility index (Phi) is 8.99. The summed E-state index contributed by atoms with van der Waals surface area (Å²) in [4.78, 5) is 25.0. The van der Waals surface area contributed by atoms with Crippen molar-refractivity contribution in [3.05, 3.63) is 23.5 Å². The molecule has 1 aromatic rings. The van der Waals surface area contributed by atoms with Gasteiger partial charge in [0.1, 0.15) is 17.1 Å². The van der Waals surface area contributed by atoms with E-state index in [4.69, 9.17) is 14.9 Å². The molecule has 0 saturated carbocycles. The standard InChI is InChI=1S/C20H25F4N3O6/c1-3-27(16(25)10-32-17-6-4-5-7-31-17)19(30)26-14-9-15(33-11(2)20(22,23)24)12(18(28)29)8-13(14)21/h8-9,11,17,25H,3-7,10H2,1-2H3,(H,26,30)(H,28,29)/p+1/t11-,17?/m0/s1. The summed E-state index contributed by atoms with van der Waals surface area (Å²) in [7, 11) is 0. The van der Waals surface area contributed by atoms with E-state index in [0.29, 0.717) is 32.1 Å². The SMILES string of the molecule is CCN(C(=[NH2+])COC1CCCCO1)C(=O)Nc1cc(O[C@@H](C)C(F)(F)F)c(C(=O)O)cc1F. The lowest BCUT2D eigenvalue weighted by atomic mass is 10.1. The number of aromatic carboxylic acids is 1. The van der Waals surface area contributed by atoms with Crippen molar-refractivity contribution in [2.75, 3.05) is 25.1 Å². The quantitative estimate of drug-likeness (QED) is 0.298. The summed E-state index contributed by atoms with van der Waals surface area (Å²) in [6.45, 7) is 2.72. The maximum Gasteiger partial charge on any atom is 0.425 e. The van der Waals surface area contributed by atoms with E-state index in [-0.39, 0.29) is 19.0 Å². The van der Waals surface area contributed by atoms with Crippen molar-refractivity contribution in [1.29, 1.82) is 0 Å². The van der Waals surface area contributed by atoms with Gasteiger partial charge >= 0.3 is 18.2 Å². The number of carbonyl (C=O) groups excluding carboxylic acids is 1. The van der Waals surface area contributed by atoms with E-state index in [2.05, 4.69) is 10.1 Å². The highest BCUT2D eigenvalue weighted by Gasteiger charge is 2.39. The number of carbonyl (C=O) groups is 2. The molecule has 1 saturated heterocycles. The molecular weight excluding hydrogens is 454 g/mol. The second kappa shape index (κ2) is 11.3. The molecule has 2 atom stereocenters. The first-order valence-electron chi connectivity index (χ1n) is 10.2. The molecule has 184 valence electrons. The topological polar surface area (TPSA) is 123 Å². The molecule has 1 aliphatic rings. The van der Waals surface area contributed by atoms with Gasteiger partial charge in [0.05, 0.1) is 12.2 Å². The molecule has 0 aromatic heterocycles. The summed E-state index contributed by atoms with van der Waals surface area (Å²) in [6.07, 6.45) is -5.12. The summed E-state index contributed by atoms with van der Waals surface area (Å²) < 4.78 is 68.6. The van der Waals surface area contributed by atoms with Crippen LogP contribution in [-0.4, -0.2) is 66.2 Å². The Hall–Kier alpha value is -2.93. The van der Waals surface area contributed by atoms with Crippen molar-refractivity contribution in [3.8, 4) is 5.75 Å². The average molecular weight is 480 g/mol. The van der Waals surface area contributed by atoms with Crippen LogP contribution in [0.15, 0.2) is 12.1 Å². The monoisotopic (exact) mass is 480 g/mol. The van der Waals surface area contributed by atoms with Gasteiger partial charge in [-0.3, -0.25) is 10.7 Å². The third-order valence-corrected chi connectivity index (χ3v) is 4.77. The van der Waals surface area contributed by atoms with Crippen LogP contribution in [0.25, 0.3) is 0 Å². The van der Waals surface area contributed by atoms with Crippen LogP contribution in [-0.2, 0) is 9.47 Å². The molecule has 0 spiro atoms. The number of likely N-dealkylation sites (N-methyl/N-ethyl adjacent to an activating group) is 1. The Morgan fingerprint density at radius 1 is 1.36 bits per heavy atom. The van der Waals surface area contributed by atoms with E-state index in [1.165, 1.54) is 0 Å². The average Bonchev–Trinajstić information content (AvgIpc) is 2.74. The first kappa shape index (κ1) is 26.3. The Morgan fingerprint density at radius 2 is 2.06 bits per heavy atom. The van der Waals surface area contributed by atoms with Crippen molar-refractivity contribution >= 4 is 23.5 Å². The predicted molar refractivity (Wildman–Crippen MR) is 107 cm³/mol. The Balaban J connectivity index is 2.15. The van der Waals surface area contributed by atoms with Gasteiger partial charge in [0.25, 0.3) is 5.84 Å². The highest BCUT2D eigenvalue weighted by molar-refractivity contribution is 6.02. The van der Waals surface area contributed by atoms with Crippen molar-refractivity contribution in [2.24, 2.45) is 0 Å². The third kappa shape index (κ3) is 7.29. The second-order valence-electron chi connectivity index (χ2n) is 7.21. The van der Waals surface area contributed by atoms with Gasteiger partial charge in [-0.25, -0.2) is 14.0 Å². The molecule has 1 aliphatic heterocycles. The largest absolute Gasteiger partial charge is 0.480 e. The molecule has 0 bridgehead atoms.